The number of aliphatic hydroxyl groups is 1. The van der Waals surface area contributed by atoms with Crippen molar-refractivity contribution in [1.82, 2.24) is 14.5 Å². The number of imidazole rings is 1. The number of fused-ring (bicyclic) bond motifs is 1. The molecule has 4 heterocycles. The number of benzene rings is 2. The van der Waals surface area contributed by atoms with E-state index in [9.17, 15) is 9.50 Å². The van der Waals surface area contributed by atoms with E-state index in [1.54, 1.807) is 25.6 Å². The Bertz CT molecular complexity index is 1400. The topological polar surface area (TPSA) is 72.1 Å². The number of rotatable bonds is 5. The van der Waals surface area contributed by atoms with Gasteiger partial charge in [-0.05, 0) is 73.4 Å². The van der Waals surface area contributed by atoms with Crippen LogP contribution in [0.5, 0.6) is 5.75 Å². The molecule has 1 aromatic heterocycles. The maximum atomic E-state index is 13.8. The third-order valence-corrected chi connectivity index (χ3v) is 9.42. The molecule has 0 radical (unpaired) electrons. The SMILES string of the molecule is COc1cc(/C=C2\CC3(CCCS3)CN3C2=NOCC3(CO)c2ccc(F)cc2)ccc1-n1cnc(C)c1. The summed E-state index contributed by atoms with van der Waals surface area (Å²) in [5.41, 5.74) is 3.86. The van der Waals surface area contributed by atoms with Gasteiger partial charge in [-0.15, -0.1) is 0 Å². The number of hydrogen-bond acceptors (Lipinski definition) is 7. The molecule has 9 heteroatoms. The van der Waals surface area contributed by atoms with Crippen LogP contribution in [0.3, 0.4) is 0 Å². The zero-order valence-corrected chi connectivity index (χ0v) is 22.4. The van der Waals surface area contributed by atoms with Crippen LogP contribution in [0.15, 0.2) is 65.7 Å². The Balaban J connectivity index is 1.43. The third kappa shape index (κ3) is 4.27. The van der Waals surface area contributed by atoms with Crippen LogP contribution in [0.4, 0.5) is 4.39 Å². The number of aliphatic hydroxyl groups excluding tert-OH is 1. The normalized spacial score (nSPS) is 25.8. The number of oxime groups is 1. The summed E-state index contributed by atoms with van der Waals surface area (Å²) in [6.07, 6.45) is 9.00. The van der Waals surface area contributed by atoms with Gasteiger partial charge in [0, 0.05) is 23.1 Å². The highest BCUT2D eigenvalue weighted by Crippen LogP contribution is 2.50. The summed E-state index contributed by atoms with van der Waals surface area (Å²) < 4.78 is 21.5. The summed E-state index contributed by atoms with van der Waals surface area (Å²) in [6.45, 7) is 2.73. The average Bonchev–Trinajstić information content (AvgIpc) is 3.57. The van der Waals surface area contributed by atoms with Gasteiger partial charge in [-0.1, -0.05) is 23.4 Å². The number of methoxy groups -OCH3 is 1. The van der Waals surface area contributed by atoms with Gasteiger partial charge in [0.15, 0.2) is 5.84 Å². The van der Waals surface area contributed by atoms with Gasteiger partial charge in [-0.3, -0.25) is 0 Å². The highest BCUT2D eigenvalue weighted by Gasteiger charge is 2.52. The number of hydrogen-bond donors (Lipinski definition) is 1. The molecule has 3 aliphatic rings. The van der Waals surface area contributed by atoms with Crippen LogP contribution in [0.25, 0.3) is 11.8 Å². The second-order valence-electron chi connectivity index (χ2n) is 10.3. The summed E-state index contributed by atoms with van der Waals surface area (Å²) >= 11 is 2.00. The van der Waals surface area contributed by atoms with E-state index < -0.39 is 5.54 Å². The van der Waals surface area contributed by atoms with Crippen molar-refractivity contribution in [2.24, 2.45) is 5.16 Å². The Morgan fingerprint density at radius 2 is 2.08 bits per heavy atom. The fourth-order valence-electron chi connectivity index (χ4n) is 5.87. The minimum absolute atomic E-state index is 0.0149. The summed E-state index contributed by atoms with van der Waals surface area (Å²) in [7, 11) is 1.67. The molecule has 0 bridgehead atoms. The van der Waals surface area contributed by atoms with Crippen LogP contribution in [-0.2, 0) is 10.4 Å². The molecule has 1 N–H and O–H groups in total. The first kappa shape index (κ1) is 25.0. The lowest BCUT2D eigenvalue weighted by atomic mass is 9.81. The van der Waals surface area contributed by atoms with Gasteiger partial charge in [0.25, 0.3) is 0 Å². The van der Waals surface area contributed by atoms with Crippen molar-refractivity contribution in [2.45, 2.75) is 36.5 Å². The molecule has 3 aliphatic heterocycles. The molecule has 0 aliphatic carbocycles. The van der Waals surface area contributed by atoms with Gasteiger partial charge in [0.2, 0.25) is 0 Å². The predicted octanol–water partition coefficient (Wildman–Crippen LogP) is 4.91. The van der Waals surface area contributed by atoms with Crippen LogP contribution in [0, 0.1) is 12.7 Å². The number of thioether (sulfide) groups is 1. The Morgan fingerprint density at radius 3 is 2.76 bits per heavy atom. The summed E-state index contributed by atoms with van der Waals surface area (Å²) in [4.78, 5) is 12.3. The van der Waals surface area contributed by atoms with Gasteiger partial charge in [0.1, 0.15) is 23.7 Å². The van der Waals surface area contributed by atoms with Gasteiger partial charge < -0.3 is 24.1 Å². The fourth-order valence-corrected chi connectivity index (χ4v) is 7.35. The smallest absolute Gasteiger partial charge is 0.172 e. The van der Waals surface area contributed by atoms with Crippen LogP contribution < -0.4 is 4.74 Å². The lowest BCUT2D eigenvalue weighted by molar-refractivity contribution is -0.0418. The third-order valence-electron chi connectivity index (χ3n) is 7.84. The first-order valence-corrected chi connectivity index (χ1v) is 13.8. The predicted molar refractivity (Wildman–Crippen MR) is 147 cm³/mol. The van der Waals surface area contributed by atoms with Crippen molar-refractivity contribution < 1.29 is 19.1 Å². The van der Waals surface area contributed by atoms with Crippen molar-refractivity contribution in [3.05, 3.63) is 83.2 Å². The molecule has 6 rings (SSSR count). The molecule has 2 fully saturated rings. The van der Waals surface area contributed by atoms with Crippen LogP contribution in [0.2, 0.25) is 0 Å². The maximum absolute atomic E-state index is 13.8. The Labute approximate surface area is 226 Å². The maximum Gasteiger partial charge on any atom is 0.172 e. The molecule has 7 nitrogen and oxygen atoms in total. The molecule has 2 aromatic carbocycles. The van der Waals surface area contributed by atoms with Gasteiger partial charge in [0.05, 0.1) is 31.4 Å². The van der Waals surface area contributed by atoms with E-state index in [1.165, 1.54) is 12.1 Å². The highest BCUT2D eigenvalue weighted by atomic mass is 32.2. The Kier molecular flexibility index (Phi) is 6.44. The summed E-state index contributed by atoms with van der Waals surface area (Å²) in [6, 6.07) is 12.5. The van der Waals surface area contributed by atoms with Gasteiger partial charge in [-0.25, -0.2) is 9.37 Å². The van der Waals surface area contributed by atoms with E-state index in [2.05, 4.69) is 27.2 Å². The zero-order chi connectivity index (χ0) is 26.3. The van der Waals surface area contributed by atoms with E-state index >= 15 is 0 Å². The van der Waals surface area contributed by atoms with Crippen molar-refractivity contribution in [3.8, 4) is 11.4 Å². The standard InChI is InChI=1S/C29H31FN4O3S/c1-20-15-33(19-31-20)25-9-4-21(13-26(25)36-2)12-22-14-28(10-3-11-38-28)16-34-27(22)32-37-18-29(34,17-35)23-5-7-24(30)8-6-23/h4-9,12-13,15,19,35H,3,10-11,14,16-18H2,1-2H3/b22-12+. The molecule has 1 spiro atoms. The number of aryl methyl sites for hydroxylation is 1. The van der Waals surface area contributed by atoms with Crippen molar-refractivity contribution in [2.75, 3.05) is 32.6 Å². The van der Waals surface area contributed by atoms with E-state index in [-0.39, 0.29) is 23.8 Å². The molecule has 2 saturated heterocycles. The van der Waals surface area contributed by atoms with Crippen molar-refractivity contribution in [1.29, 1.82) is 0 Å². The number of piperidine rings is 1. The van der Waals surface area contributed by atoms with Crippen molar-refractivity contribution >= 4 is 23.7 Å². The average molecular weight is 535 g/mol. The van der Waals surface area contributed by atoms with Crippen molar-refractivity contribution in [3.63, 3.8) is 0 Å². The van der Waals surface area contributed by atoms with Crippen LogP contribution in [0.1, 0.15) is 36.1 Å². The van der Waals surface area contributed by atoms with Gasteiger partial charge in [-0.2, -0.15) is 11.8 Å². The Morgan fingerprint density at radius 1 is 1.24 bits per heavy atom. The molecular weight excluding hydrogens is 503 g/mol. The first-order chi connectivity index (χ1) is 18.4. The molecule has 2 atom stereocenters. The molecule has 0 amide bonds. The van der Waals surface area contributed by atoms with Gasteiger partial charge >= 0.3 is 0 Å². The zero-order valence-electron chi connectivity index (χ0n) is 21.6. The lowest BCUT2D eigenvalue weighted by Gasteiger charge is -2.53. The molecule has 3 aromatic rings. The number of ether oxygens (including phenoxy) is 1. The molecular formula is C29H31FN4O3S. The second kappa shape index (κ2) is 9.78. The quantitative estimate of drug-likeness (QED) is 0.501. The van der Waals surface area contributed by atoms with Crippen LogP contribution in [-0.4, -0.2) is 62.8 Å². The number of halogens is 1. The molecule has 0 saturated carbocycles. The molecule has 198 valence electrons. The first-order valence-electron chi connectivity index (χ1n) is 12.8. The van der Waals surface area contributed by atoms with Crippen LogP contribution >= 0.6 is 11.8 Å². The second-order valence-corrected chi connectivity index (χ2v) is 11.9. The van der Waals surface area contributed by atoms with E-state index in [1.807, 2.05) is 41.6 Å². The Hall–Kier alpha value is -3.30. The molecule has 38 heavy (non-hydrogen) atoms. The van der Waals surface area contributed by atoms with E-state index in [4.69, 9.17) is 9.57 Å². The van der Waals surface area contributed by atoms with E-state index in [0.717, 1.165) is 71.2 Å². The number of nitrogens with zero attached hydrogens (tertiary/aromatic N) is 4. The highest BCUT2D eigenvalue weighted by molar-refractivity contribution is 8.00. The minimum atomic E-state index is -0.846. The lowest BCUT2D eigenvalue weighted by Crippen LogP contribution is -2.63. The fraction of sp³-hybridized carbons (Fsp3) is 0.379. The number of aromatic nitrogens is 2. The largest absolute Gasteiger partial charge is 0.495 e. The minimum Gasteiger partial charge on any atom is -0.495 e. The molecule has 2 unspecified atom stereocenters. The number of amidine groups is 1. The van der Waals surface area contributed by atoms with E-state index in [0.29, 0.717) is 0 Å². The monoisotopic (exact) mass is 534 g/mol. The summed E-state index contributed by atoms with van der Waals surface area (Å²) in [5.74, 6) is 2.27. The summed E-state index contributed by atoms with van der Waals surface area (Å²) in [5, 5.41) is 15.3.